The Labute approximate surface area is 201 Å². The van der Waals surface area contributed by atoms with Crippen molar-refractivity contribution in [2.24, 2.45) is 0 Å². The molecule has 1 aliphatic rings. The first-order valence-corrected chi connectivity index (χ1v) is 11.5. The van der Waals surface area contributed by atoms with Gasteiger partial charge in [0.2, 0.25) is 0 Å². The van der Waals surface area contributed by atoms with Gasteiger partial charge in [-0.2, -0.15) is 18.3 Å². The van der Waals surface area contributed by atoms with Crippen molar-refractivity contribution in [3.63, 3.8) is 0 Å². The highest BCUT2D eigenvalue weighted by atomic mass is 19.4. The van der Waals surface area contributed by atoms with Gasteiger partial charge in [-0.25, -0.2) is 9.07 Å². The lowest BCUT2D eigenvalue weighted by Crippen LogP contribution is -2.46. The van der Waals surface area contributed by atoms with Crippen LogP contribution in [0.1, 0.15) is 28.0 Å². The molecule has 0 spiro atoms. The highest BCUT2D eigenvalue weighted by Gasteiger charge is 2.41. The average Bonchev–Trinajstić information content (AvgIpc) is 3.30. The molecule has 186 valence electrons. The van der Waals surface area contributed by atoms with Crippen LogP contribution in [0.15, 0.2) is 60.8 Å². The third kappa shape index (κ3) is 6.26. The van der Waals surface area contributed by atoms with E-state index in [1.807, 2.05) is 18.2 Å². The van der Waals surface area contributed by atoms with Crippen molar-refractivity contribution in [1.29, 1.82) is 0 Å². The van der Waals surface area contributed by atoms with E-state index in [1.165, 1.54) is 23.8 Å². The summed E-state index contributed by atoms with van der Waals surface area (Å²) in [5, 5.41) is 6.21. The molecule has 0 saturated carbocycles. The van der Waals surface area contributed by atoms with Gasteiger partial charge in [0.05, 0.1) is 11.8 Å². The Morgan fingerprint density at radius 2 is 1.60 bits per heavy atom. The molecule has 6 nitrogen and oxygen atoms in total. The molecule has 1 fully saturated rings. The molecule has 1 aliphatic heterocycles. The Morgan fingerprint density at radius 3 is 2.29 bits per heavy atom. The van der Waals surface area contributed by atoms with Gasteiger partial charge in [0.15, 0.2) is 5.69 Å². The van der Waals surface area contributed by atoms with Crippen LogP contribution in [0, 0.1) is 5.82 Å². The molecule has 10 heteroatoms. The zero-order valence-corrected chi connectivity index (χ0v) is 19.1. The average molecular weight is 490 g/mol. The maximum atomic E-state index is 14.1. The summed E-state index contributed by atoms with van der Waals surface area (Å²) in [4.78, 5) is 17.2. The third-order valence-corrected chi connectivity index (χ3v) is 6.01. The van der Waals surface area contributed by atoms with E-state index >= 15 is 0 Å². The monoisotopic (exact) mass is 489 g/mol. The first kappa shape index (κ1) is 24.9. The van der Waals surface area contributed by atoms with Crippen molar-refractivity contribution < 1.29 is 22.4 Å². The van der Waals surface area contributed by atoms with Gasteiger partial charge < -0.3 is 10.2 Å². The first-order valence-electron chi connectivity index (χ1n) is 11.5. The van der Waals surface area contributed by atoms with E-state index in [2.05, 4.69) is 32.3 Å². The van der Waals surface area contributed by atoms with Gasteiger partial charge >= 0.3 is 6.18 Å². The number of benzene rings is 2. The molecular formula is C25H27F4N5O. The van der Waals surface area contributed by atoms with Crippen LogP contribution < -0.4 is 5.32 Å². The van der Waals surface area contributed by atoms with Crippen LogP contribution in [-0.4, -0.2) is 64.8 Å². The van der Waals surface area contributed by atoms with Gasteiger partial charge in [-0.05, 0) is 30.7 Å². The molecule has 3 aromatic rings. The lowest BCUT2D eigenvalue weighted by molar-refractivity contribution is -0.143. The number of carbonyl (C=O) groups excluding carboxylic acids is 1. The van der Waals surface area contributed by atoms with Gasteiger partial charge in [0.25, 0.3) is 5.91 Å². The predicted octanol–water partition coefficient (Wildman–Crippen LogP) is 3.97. The van der Waals surface area contributed by atoms with Crippen LogP contribution in [0.3, 0.4) is 0 Å². The second-order valence-corrected chi connectivity index (χ2v) is 8.48. The van der Waals surface area contributed by atoms with Crippen molar-refractivity contribution in [3.05, 3.63) is 83.4 Å². The minimum atomic E-state index is -4.88. The Hall–Kier alpha value is -3.24. The van der Waals surface area contributed by atoms with Crippen molar-refractivity contribution >= 4 is 5.91 Å². The second kappa shape index (κ2) is 11.0. The fraction of sp³-hybridized carbons (Fsp3) is 0.360. The summed E-state index contributed by atoms with van der Waals surface area (Å²) in [7, 11) is 0. The van der Waals surface area contributed by atoms with Gasteiger partial charge in [0, 0.05) is 39.3 Å². The molecule has 0 atom stereocenters. The number of carbonyl (C=O) groups is 1. The van der Waals surface area contributed by atoms with Crippen molar-refractivity contribution in [2.45, 2.75) is 19.1 Å². The normalized spacial score (nSPS) is 15.3. The molecule has 0 radical (unpaired) electrons. The lowest BCUT2D eigenvalue weighted by Gasteiger charge is -2.34. The van der Waals surface area contributed by atoms with E-state index in [4.69, 9.17) is 0 Å². The first-order chi connectivity index (χ1) is 16.8. The minimum Gasteiger partial charge on any atom is -0.352 e. The molecule has 35 heavy (non-hydrogen) atoms. The standard InChI is InChI=1S/C25H27F4N5O/c26-21-9-4-5-10-22(21)34-23(25(27,28)29)20(17-31-34)24(35)30-11-6-12-32-13-15-33(16-14-32)18-19-7-2-1-3-8-19/h1-5,7-10,17H,6,11-16,18H2,(H,30,35). The summed E-state index contributed by atoms with van der Waals surface area (Å²) in [6.45, 7) is 5.54. The van der Waals surface area contributed by atoms with Crippen LogP contribution in [-0.2, 0) is 12.7 Å². The number of halogens is 4. The SMILES string of the molecule is O=C(NCCCN1CCN(Cc2ccccc2)CC1)c1cnn(-c2ccccc2F)c1C(F)(F)F. The molecule has 2 heterocycles. The summed E-state index contributed by atoms with van der Waals surface area (Å²) in [6.07, 6.45) is -3.45. The van der Waals surface area contributed by atoms with Crippen molar-refractivity contribution in [1.82, 2.24) is 24.9 Å². The number of para-hydroxylation sites is 1. The Kier molecular flexibility index (Phi) is 7.82. The van der Waals surface area contributed by atoms with E-state index < -0.39 is 29.2 Å². The topological polar surface area (TPSA) is 53.4 Å². The number of hydrogen-bond donors (Lipinski definition) is 1. The highest BCUT2D eigenvalue weighted by Crippen LogP contribution is 2.34. The number of hydrogen-bond acceptors (Lipinski definition) is 4. The number of alkyl halides is 3. The predicted molar refractivity (Wildman–Crippen MR) is 124 cm³/mol. The molecule has 1 saturated heterocycles. The van der Waals surface area contributed by atoms with Gasteiger partial charge in [0.1, 0.15) is 11.5 Å². The number of piperazine rings is 1. The van der Waals surface area contributed by atoms with E-state index in [0.29, 0.717) is 11.1 Å². The van der Waals surface area contributed by atoms with Gasteiger partial charge in [-0.15, -0.1) is 0 Å². The quantitative estimate of drug-likeness (QED) is 0.385. The molecule has 1 N–H and O–H groups in total. The van der Waals surface area contributed by atoms with E-state index in [9.17, 15) is 22.4 Å². The minimum absolute atomic E-state index is 0.227. The molecule has 0 aliphatic carbocycles. The van der Waals surface area contributed by atoms with Crippen molar-refractivity contribution in [2.75, 3.05) is 39.3 Å². The van der Waals surface area contributed by atoms with E-state index in [-0.39, 0.29) is 12.2 Å². The van der Waals surface area contributed by atoms with E-state index in [1.54, 1.807) is 0 Å². The highest BCUT2D eigenvalue weighted by molar-refractivity contribution is 5.95. The largest absolute Gasteiger partial charge is 0.434 e. The number of aromatic nitrogens is 2. The Bertz CT molecular complexity index is 1120. The smallest absolute Gasteiger partial charge is 0.352 e. The fourth-order valence-corrected chi connectivity index (χ4v) is 4.21. The summed E-state index contributed by atoms with van der Waals surface area (Å²) in [5.74, 6) is -1.75. The van der Waals surface area contributed by atoms with Gasteiger partial charge in [-0.1, -0.05) is 42.5 Å². The summed E-state index contributed by atoms with van der Waals surface area (Å²) in [5.41, 5.74) is -1.02. The van der Waals surface area contributed by atoms with Gasteiger partial charge in [-0.3, -0.25) is 9.69 Å². The summed E-state index contributed by atoms with van der Waals surface area (Å²) in [6, 6.07) is 15.3. The zero-order chi connectivity index (χ0) is 24.8. The number of amides is 1. The second-order valence-electron chi connectivity index (χ2n) is 8.48. The third-order valence-electron chi connectivity index (χ3n) is 6.01. The molecule has 0 bridgehead atoms. The molecule has 1 aromatic heterocycles. The van der Waals surface area contributed by atoms with Crippen LogP contribution in [0.4, 0.5) is 17.6 Å². The van der Waals surface area contributed by atoms with Crippen LogP contribution in [0.25, 0.3) is 5.69 Å². The molecule has 2 aromatic carbocycles. The Morgan fingerprint density at radius 1 is 0.943 bits per heavy atom. The Balaban J connectivity index is 1.28. The molecule has 0 unspecified atom stereocenters. The van der Waals surface area contributed by atoms with E-state index in [0.717, 1.165) is 51.5 Å². The number of nitrogens with zero attached hydrogens (tertiary/aromatic N) is 4. The van der Waals surface area contributed by atoms with Crippen LogP contribution >= 0.6 is 0 Å². The molecule has 4 rings (SSSR count). The summed E-state index contributed by atoms with van der Waals surface area (Å²) >= 11 is 0. The molecule has 1 amide bonds. The molecular weight excluding hydrogens is 462 g/mol. The van der Waals surface area contributed by atoms with Crippen molar-refractivity contribution in [3.8, 4) is 5.69 Å². The number of rotatable bonds is 8. The maximum absolute atomic E-state index is 14.1. The van der Waals surface area contributed by atoms with Crippen LogP contribution in [0.5, 0.6) is 0 Å². The maximum Gasteiger partial charge on any atom is 0.434 e. The zero-order valence-electron chi connectivity index (χ0n) is 19.1. The summed E-state index contributed by atoms with van der Waals surface area (Å²) < 4.78 is 55.7. The van der Waals surface area contributed by atoms with Crippen LogP contribution in [0.2, 0.25) is 0 Å². The number of nitrogens with one attached hydrogen (secondary N) is 1. The fourth-order valence-electron chi connectivity index (χ4n) is 4.21. The lowest BCUT2D eigenvalue weighted by atomic mass is 10.2.